The second kappa shape index (κ2) is 5.19. The average Bonchev–Trinajstić information content (AvgIpc) is 2.45. The second-order valence-corrected chi connectivity index (χ2v) is 6.42. The first-order valence-corrected chi connectivity index (χ1v) is 7.66. The molecule has 0 aliphatic heterocycles. The fourth-order valence-electron chi connectivity index (χ4n) is 2.80. The van der Waals surface area contributed by atoms with Gasteiger partial charge in [0.1, 0.15) is 5.75 Å². The third kappa shape index (κ3) is 2.34. The van der Waals surface area contributed by atoms with Crippen molar-refractivity contribution in [3.63, 3.8) is 0 Å². The molecule has 4 nitrogen and oxygen atoms in total. The molecule has 1 aromatic heterocycles. The lowest BCUT2D eigenvalue weighted by Crippen LogP contribution is -2.36. The van der Waals surface area contributed by atoms with Crippen LogP contribution in [0, 0.1) is 16.7 Å². The number of ether oxygens (including phenoxy) is 1. The van der Waals surface area contributed by atoms with Crippen molar-refractivity contribution >= 4 is 26.7 Å². The SMILES string of the molecule is COc1cc2c(=O)n(CC3(C#N)CCC3)ccc2cc1Br. The van der Waals surface area contributed by atoms with Gasteiger partial charge in [0.15, 0.2) is 0 Å². The zero-order valence-corrected chi connectivity index (χ0v) is 13.3. The van der Waals surface area contributed by atoms with Gasteiger partial charge in [-0.15, -0.1) is 0 Å². The van der Waals surface area contributed by atoms with E-state index in [1.165, 1.54) is 0 Å². The molecule has 0 spiro atoms. The van der Waals surface area contributed by atoms with E-state index in [1.807, 2.05) is 12.1 Å². The van der Waals surface area contributed by atoms with Crippen molar-refractivity contribution in [1.29, 1.82) is 5.26 Å². The van der Waals surface area contributed by atoms with Gasteiger partial charge in [-0.05, 0) is 52.4 Å². The number of aromatic nitrogens is 1. The van der Waals surface area contributed by atoms with Gasteiger partial charge in [0, 0.05) is 12.7 Å². The number of fused-ring (bicyclic) bond motifs is 1. The van der Waals surface area contributed by atoms with Crippen LogP contribution in [0.5, 0.6) is 5.75 Å². The lowest BCUT2D eigenvalue weighted by Gasteiger charge is -2.35. The number of hydrogen-bond donors (Lipinski definition) is 0. The van der Waals surface area contributed by atoms with Crippen molar-refractivity contribution in [2.24, 2.45) is 5.41 Å². The number of methoxy groups -OCH3 is 1. The maximum absolute atomic E-state index is 12.6. The van der Waals surface area contributed by atoms with Crippen LogP contribution in [0.4, 0.5) is 0 Å². The molecule has 1 fully saturated rings. The van der Waals surface area contributed by atoms with E-state index in [0.717, 1.165) is 29.1 Å². The van der Waals surface area contributed by atoms with E-state index in [1.54, 1.807) is 23.9 Å². The Morgan fingerprint density at radius 3 is 2.81 bits per heavy atom. The van der Waals surface area contributed by atoms with Gasteiger partial charge in [0.25, 0.3) is 5.56 Å². The van der Waals surface area contributed by atoms with Crippen LogP contribution in [0.25, 0.3) is 10.8 Å². The molecule has 0 atom stereocenters. The monoisotopic (exact) mass is 346 g/mol. The molecule has 2 aromatic rings. The molecular formula is C16H15BrN2O2. The summed E-state index contributed by atoms with van der Waals surface area (Å²) in [6.07, 6.45) is 4.59. The van der Waals surface area contributed by atoms with Crippen LogP contribution >= 0.6 is 15.9 Å². The van der Waals surface area contributed by atoms with Crippen molar-refractivity contribution in [3.05, 3.63) is 39.2 Å². The standard InChI is InChI=1S/C16H15BrN2O2/c1-21-14-8-12-11(7-13(14)17)3-6-19(15(12)20)10-16(9-18)4-2-5-16/h3,6-8H,2,4-5,10H2,1H3. The average molecular weight is 347 g/mol. The lowest BCUT2D eigenvalue weighted by molar-refractivity contribution is 0.180. The topological polar surface area (TPSA) is 55.0 Å². The molecule has 0 N–H and O–H groups in total. The third-order valence-corrected chi connectivity index (χ3v) is 4.89. The van der Waals surface area contributed by atoms with Gasteiger partial charge in [-0.2, -0.15) is 5.26 Å². The van der Waals surface area contributed by atoms with Gasteiger partial charge in [-0.1, -0.05) is 6.42 Å². The minimum Gasteiger partial charge on any atom is -0.496 e. The fraction of sp³-hybridized carbons (Fsp3) is 0.375. The van der Waals surface area contributed by atoms with E-state index in [9.17, 15) is 10.1 Å². The van der Waals surface area contributed by atoms with Crippen molar-refractivity contribution in [1.82, 2.24) is 4.57 Å². The summed E-state index contributed by atoms with van der Waals surface area (Å²) in [6.45, 7) is 0.469. The largest absolute Gasteiger partial charge is 0.496 e. The van der Waals surface area contributed by atoms with Gasteiger partial charge in [0.05, 0.1) is 28.5 Å². The molecule has 1 heterocycles. The quantitative estimate of drug-likeness (QED) is 0.854. The van der Waals surface area contributed by atoms with Crippen molar-refractivity contribution in [2.45, 2.75) is 25.8 Å². The highest BCUT2D eigenvalue weighted by Crippen LogP contribution is 2.41. The Kier molecular flexibility index (Phi) is 3.50. The summed E-state index contributed by atoms with van der Waals surface area (Å²) in [4.78, 5) is 12.6. The normalized spacial score (nSPS) is 16.2. The zero-order valence-electron chi connectivity index (χ0n) is 11.7. The summed E-state index contributed by atoms with van der Waals surface area (Å²) in [5, 5.41) is 10.8. The smallest absolute Gasteiger partial charge is 0.258 e. The minimum absolute atomic E-state index is 0.0696. The summed E-state index contributed by atoms with van der Waals surface area (Å²) >= 11 is 3.42. The molecule has 5 heteroatoms. The minimum atomic E-state index is -0.364. The summed E-state index contributed by atoms with van der Waals surface area (Å²) in [6, 6.07) is 7.91. The zero-order chi connectivity index (χ0) is 15.0. The van der Waals surface area contributed by atoms with Crippen molar-refractivity contribution in [2.75, 3.05) is 7.11 Å². The highest BCUT2D eigenvalue weighted by molar-refractivity contribution is 9.10. The van der Waals surface area contributed by atoms with E-state index in [-0.39, 0.29) is 11.0 Å². The maximum atomic E-state index is 12.6. The fourth-order valence-corrected chi connectivity index (χ4v) is 3.32. The molecule has 0 saturated heterocycles. The van der Waals surface area contributed by atoms with E-state index in [4.69, 9.17) is 4.74 Å². The Bertz CT molecular complexity index is 800. The summed E-state index contributed by atoms with van der Waals surface area (Å²) in [7, 11) is 1.58. The maximum Gasteiger partial charge on any atom is 0.258 e. The van der Waals surface area contributed by atoms with Gasteiger partial charge in [-0.3, -0.25) is 4.79 Å². The Hall–Kier alpha value is -1.80. The van der Waals surface area contributed by atoms with E-state index in [2.05, 4.69) is 22.0 Å². The molecule has 1 aliphatic carbocycles. The molecule has 1 saturated carbocycles. The number of hydrogen-bond acceptors (Lipinski definition) is 3. The lowest BCUT2D eigenvalue weighted by atomic mass is 9.70. The van der Waals surface area contributed by atoms with Gasteiger partial charge >= 0.3 is 0 Å². The molecule has 0 amide bonds. The molecule has 21 heavy (non-hydrogen) atoms. The van der Waals surface area contributed by atoms with Crippen LogP contribution in [0.1, 0.15) is 19.3 Å². The first kappa shape index (κ1) is 14.2. The Morgan fingerprint density at radius 1 is 1.48 bits per heavy atom. The van der Waals surface area contributed by atoms with Crippen LogP contribution in [-0.4, -0.2) is 11.7 Å². The van der Waals surface area contributed by atoms with Gasteiger partial charge < -0.3 is 9.30 Å². The van der Waals surface area contributed by atoms with Crippen LogP contribution in [-0.2, 0) is 6.54 Å². The number of rotatable bonds is 3. The van der Waals surface area contributed by atoms with Crippen LogP contribution < -0.4 is 10.3 Å². The predicted molar refractivity (Wildman–Crippen MR) is 84.4 cm³/mol. The molecular weight excluding hydrogens is 332 g/mol. The van der Waals surface area contributed by atoms with E-state index < -0.39 is 0 Å². The third-order valence-electron chi connectivity index (χ3n) is 4.27. The molecule has 0 radical (unpaired) electrons. The molecule has 1 aromatic carbocycles. The predicted octanol–water partition coefficient (Wildman–Crippen LogP) is 3.47. The van der Waals surface area contributed by atoms with Crippen LogP contribution in [0.3, 0.4) is 0 Å². The summed E-state index contributed by atoms with van der Waals surface area (Å²) in [5.41, 5.74) is -0.434. The number of halogens is 1. The summed E-state index contributed by atoms with van der Waals surface area (Å²) < 4.78 is 7.73. The number of pyridine rings is 1. The number of nitriles is 1. The highest BCUT2D eigenvalue weighted by atomic mass is 79.9. The molecule has 3 rings (SSSR count). The van der Waals surface area contributed by atoms with Crippen LogP contribution in [0.2, 0.25) is 0 Å². The first-order chi connectivity index (χ1) is 10.1. The summed E-state index contributed by atoms with van der Waals surface area (Å²) in [5.74, 6) is 0.635. The molecule has 0 unspecified atom stereocenters. The van der Waals surface area contributed by atoms with Crippen LogP contribution in [0.15, 0.2) is 33.7 Å². The second-order valence-electron chi connectivity index (χ2n) is 5.57. The van der Waals surface area contributed by atoms with Crippen molar-refractivity contribution < 1.29 is 4.74 Å². The molecule has 1 aliphatic rings. The number of nitrogens with zero attached hydrogens (tertiary/aromatic N) is 2. The van der Waals surface area contributed by atoms with E-state index >= 15 is 0 Å². The van der Waals surface area contributed by atoms with E-state index in [0.29, 0.717) is 17.7 Å². The molecule has 108 valence electrons. The van der Waals surface area contributed by atoms with Gasteiger partial charge in [-0.25, -0.2) is 0 Å². The first-order valence-electron chi connectivity index (χ1n) is 6.86. The Morgan fingerprint density at radius 2 is 2.24 bits per heavy atom. The highest BCUT2D eigenvalue weighted by Gasteiger charge is 2.37. The molecule has 0 bridgehead atoms. The number of benzene rings is 1. The Balaban J connectivity index is 2.10. The van der Waals surface area contributed by atoms with Crippen molar-refractivity contribution in [3.8, 4) is 11.8 Å². The Labute approximate surface area is 131 Å². The van der Waals surface area contributed by atoms with Gasteiger partial charge in [0.2, 0.25) is 0 Å².